The Balaban J connectivity index is 1.89. The molecule has 0 atom stereocenters. The lowest BCUT2D eigenvalue weighted by Crippen LogP contribution is -2.12. The highest BCUT2D eigenvalue weighted by Gasteiger charge is 2.16. The van der Waals surface area contributed by atoms with Gasteiger partial charge in [0.05, 0.1) is 19.1 Å². The van der Waals surface area contributed by atoms with Gasteiger partial charge in [-0.3, -0.25) is 4.72 Å². The van der Waals surface area contributed by atoms with Crippen LogP contribution in [0.25, 0.3) is 10.1 Å². The Hall–Kier alpha value is -2.58. The van der Waals surface area contributed by atoms with Gasteiger partial charge in [-0.25, -0.2) is 13.2 Å². The molecule has 25 heavy (non-hydrogen) atoms. The first-order chi connectivity index (χ1) is 11.9. The van der Waals surface area contributed by atoms with E-state index in [1.807, 2.05) is 0 Å². The molecule has 0 bridgehead atoms. The molecule has 2 aromatic carbocycles. The Morgan fingerprint density at radius 1 is 1.04 bits per heavy atom. The first-order valence-corrected chi connectivity index (χ1v) is 9.52. The minimum Gasteiger partial charge on any atom is -0.497 e. The molecule has 0 radical (unpaired) electrons. The summed E-state index contributed by atoms with van der Waals surface area (Å²) in [4.78, 5) is 12.2. The van der Waals surface area contributed by atoms with E-state index in [9.17, 15) is 13.2 Å². The van der Waals surface area contributed by atoms with Crippen molar-refractivity contribution in [3.63, 3.8) is 0 Å². The molecule has 0 saturated carbocycles. The summed E-state index contributed by atoms with van der Waals surface area (Å²) in [5.74, 6) is 0.163. The summed E-state index contributed by atoms with van der Waals surface area (Å²) < 4.78 is 38.1. The topological polar surface area (TPSA) is 81.7 Å². The molecule has 0 fully saturated rings. The van der Waals surface area contributed by atoms with Crippen LogP contribution in [0.2, 0.25) is 0 Å². The maximum absolute atomic E-state index is 12.5. The zero-order chi connectivity index (χ0) is 18.0. The number of hydrogen-bond donors (Lipinski definition) is 1. The van der Waals surface area contributed by atoms with Crippen LogP contribution in [-0.2, 0) is 14.8 Å². The van der Waals surface area contributed by atoms with Gasteiger partial charge in [-0.2, -0.15) is 0 Å². The maximum atomic E-state index is 12.5. The fraction of sp³-hybridized carbons (Fsp3) is 0.118. The second kappa shape index (κ2) is 6.73. The number of carbonyl (C=O) groups excluding carboxylic acids is 1. The van der Waals surface area contributed by atoms with Crippen LogP contribution in [0.15, 0.2) is 53.4 Å². The molecule has 8 heteroatoms. The number of methoxy groups -OCH3 is 2. The number of esters is 1. The van der Waals surface area contributed by atoms with Crippen molar-refractivity contribution in [1.29, 1.82) is 0 Å². The van der Waals surface area contributed by atoms with Crippen LogP contribution in [0.5, 0.6) is 5.75 Å². The third-order valence-corrected chi connectivity index (χ3v) is 6.02. The van der Waals surface area contributed by atoms with Crippen LogP contribution in [-0.4, -0.2) is 28.6 Å². The van der Waals surface area contributed by atoms with E-state index in [-0.39, 0.29) is 4.90 Å². The van der Waals surface area contributed by atoms with Gasteiger partial charge in [0, 0.05) is 10.4 Å². The fourth-order valence-electron chi connectivity index (χ4n) is 2.28. The van der Waals surface area contributed by atoms with Crippen LogP contribution in [0.4, 0.5) is 5.69 Å². The molecule has 0 spiro atoms. The molecule has 0 unspecified atom stereocenters. The number of ether oxygens (including phenoxy) is 2. The lowest BCUT2D eigenvalue weighted by atomic mass is 10.2. The molecule has 6 nitrogen and oxygen atoms in total. The van der Waals surface area contributed by atoms with Gasteiger partial charge in [-0.1, -0.05) is 0 Å². The van der Waals surface area contributed by atoms with E-state index in [1.54, 1.807) is 36.4 Å². The van der Waals surface area contributed by atoms with E-state index in [0.717, 1.165) is 10.1 Å². The summed E-state index contributed by atoms with van der Waals surface area (Å²) in [6.45, 7) is 0. The van der Waals surface area contributed by atoms with Crippen LogP contribution in [0.1, 0.15) is 9.67 Å². The molecule has 0 amide bonds. The first kappa shape index (κ1) is 17.2. The average molecular weight is 377 g/mol. The third-order valence-electron chi connectivity index (χ3n) is 3.52. The number of benzene rings is 2. The van der Waals surface area contributed by atoms with Crippen LogP contribution >= 0.6 is 11.3 Å². The van der Waals surface area contributed by atoms with Crippen molar-refractivity contribution >= 4 is 43.1 Å². The van der Waals surface area contributed by atoms with Gasteiger partial charge in [0.25, 0.3) is 10.0 Å². The lowest BCUT2D eigenvalue weighted by Gasteiger charge is -2.09. The quantitative estimate of drug-likeness (QED) is 0.688. The second-order valence-electron chi connectivity index (χ2n) is 5.14. The SMILES string of the molecule is COC(=O)c1cc2cc(NS(=O)(=O)c3ccc(OC)cc3)ccc2s1. The highest BCUT2D eigenvalue weighted by atomic mass is 32.2. The largest absolute Gasteiger partial charge is 0.497 e. The standard InChI is InChI=1S/C17H15NO5S2/c1-22-13-4-6-14(7-5-13)25(20,21)18-12-3-8-15-11(9-12)10-16(24-15)17(19)23-2/h3-10,18H,1-2H3. The number of thiophene rings is 1. The van der Waals surface area contributed by atoms with Crippen molar-refractivity contribution in [2.75, 3.05) is 18.9 Å². The van der Waals surface area contributed by atoms with Crippen LogP contribution < -0.4 is 9.46 Å². The summed E-state index contributed by atoms with van der Waals surface area (Å²) in [7, 11) is -0.880. The smallest absolute Gasteiger partial charge is 0.348 e. The van der Waals surface area contributed by atoms with Crippen LogP contribution in [0, 0.1) is 0 Å². The molecule has 1 aromatic heterocycles. The third kappa shape index (κ3) is 3.59. The molecule has 130 valence electrons. The average Bonchev–Trinajstić information content (AvgIpc) is 3.04. The second-order valence-corrected chi connectivity index (χ2v) is 7.90. The molecule has 3 rings (SSSR count). The molecular weight excluding hydrogens is 362 g/mol. The first-order valence-electron chi connectivity index (χ1n) is 7.22. The van der Waals surface area contributed by atoms with Crippen molar-refractivity contribution in [3.05, 3.63) is 53.4 Å². The Bertz CT molecular complexity index is 1020. The number of carbonyl (C=O) groups is 1. The van der Waals surface area contributed by atoms with Gasteiger partial charge in [0.2, 0.25) is 0 Å². The monoisotopic (exact) mass is 377 g/mol. The highest BCUT2D eigenvalue weighted by Crippen LogP contribution is 2.29. The van der Waals surface area contributed by atoms with E-state index >= 15 is 0 Å². The molecular formula is C17H15NO5S2. The molecule has 1 heterocycles. The lowest BCUT2D eigenvalue weighted by molar-refractivity contribution is 0.0606. The minimum absolute atomic E-state index is 0.133. The van der Waals surface area contributed by atoms with E-state index in [0.29, 0.717) is 16.3 Å². The molecule has 0 aliphatic heterocycles. The zero-order valence-electron chi connectivity index (χ0n) is 13.5. The van der Waals surface area contributed by atoms with E-state index in [2.05, 4.69) is 4.72 Å². The van der Waals surface area contributed by atoms with Gasteiger partial charge in [0.15, 0.2) is 0 Å². The normalized spacial score (nSPS) is 11.3. The van der Waals surface area contributed by atoms with Crippen LogP contribution in [0.3, 0.4) is 0 Å². The zero-order valence-corrected chi connectivity index (χ0v) is 15.1. The van der Waals surface area contributed by atoms with Crippen molar-refractivity contribution in [3.8, 4) is 5.75 Å². The molecule has 0 saturated heterocycles. The number of anilines is 1. The van der Waals surface area contributed by atoms with Gasteiger partial charge in [-0.15, -0.1) is 11.3 Å². The Kier molecular flexibility index (Phi) is 4.65. The summed E-state index contributed by atoms with van der Waals surface area (Å²) in [6.07, 6.45) is 0. The Morgan fingerprint density at radius 3 is 2.40 bits per heavy atom. The Morgan fingerprint density at radius 2 is 1.76 bits per heavy atom. The highest BCUT2D eigenvalue weighted by molar-refractivity contribution is 7.92. The van der Waals surface area contributed by atoms with Gasteiger partial charge < -0.3 is 9.47 Å². The number of nitrogens with one attached hydrogen (secondary N) is 1. The summed E-state index contributed by atoms with van der Waals surface area (Å²) >= 11 is 1.29. The van der Waals surface area contributed by atoms with Gasteiger partial charge in [-0.05, 0) is 53.9 Å². The predicted octanol–water partition coefficient (Wildman–Crippen LogP) is 3.50. The van der Waals surface area contributed by atoms with Crippen molar-refractivity contribution < 1.29 is 22.7 Å². The molecule has 1 N–H and O–H groups in total. The van der Waals surface area contributed by atoms with Gasteiger partial charge >= 0.3 is 5.97 Å². The molecule has 3 aromatic rings. The summed E-state index contributed by atoms with van der Waals surface area (Å²) in [5, 5.41) is 0.764. The van der Waals surface area contributed by atoms with Gasteiger partial charge in [0.1, 0.15) is 10.6 Å². The van der Waals surface area contributed by atoms with Crippen molar-refractivity contribution in [2.24, 2.45) is 0 Å². The summed E-state index contributed by atoms with van der Waals surface area (Å²) in [6, 6.07) is 12.9. The van der Waals surface area contributed by atoms with Crippen molar-refractivity contribution in [1.82, 2.24) is 0 Å². The molecule has 0 aliphatic rings. The fourth-order valence-corrected chi connectivity index (χ4v) is 4.29. The predicted molar refractivity (Wildman–Crippen MR) is 97.0 cm³/mol. The summed E-state index contributed by atoms with van der Waals surface area (Å²) in [5.41, 5.74) is 0.414. The van der Waals surface area contributed by atoms with E-state index in [1.165, 1.54) is 37.7 Å². The Labute approximate surface area is 149 Å². The van der Waals surface area contributed by atoms with E-state index < -0.39 is 16.0 Å². The number of sulfonamides is 1. The van der Waals surface area contributed by atoms with Crippen molar-refractivity contribution in [2.45, 2.75) is 4.90 Å². The minimum atomic E-state index is -3.71. The number of rotatable bonds is 5. The number of hydrogen-bond acceptors (Lipinski definition) is 6. The molecule has 0 aliphatic carbocycles. The number of fused-ring (bicyclic) bond motifs is 1. The van der Waals surface area contributed by atoms with E-state index in [4.69, 9.17) is 9.47 Å². The maximum Gasteiger partial charge on any atom is 0.348 e.